The molecule has 0 atom stereocenters. The third kappa shape index (κ3) is 3.83. The molecule has 0 radical (unpaired) electrons. The van der Waals surface area contributed by atoms with Crippen molar-refractivity contribution in [1.29, 1.82) is 0 Å². The first-order chi connectivity index (χ1) is 11.4. The molecule has 0 saturated carbocycles. The van der Waals surface area contributed by atoms with Gasteiger partial charge in [0.1, 0.15) is 0 Å². The summed E-state index contributed by atoms with van der Waals surface area (Å²) in [5.74, 6) is 0.428. The minimum atomic E-state index is -0.175. The molecule has 2 amide bonds. The lowest BCUT2D eigenvalue weighted by atomic mass is 10.0. The van der Waals surface area contributed by atoms with Gasteiger partial charge in [0.2, 0.25) is 0 Å². The van der Waals surface area contributed by atoms with Crippen molar-refractivity contribution in [2.24, 2.45) is 0 Å². The van der Waals surface area contributed by atoms with Crippen LogP contribution in [0.3, 0.4) is 0 Å². The normalized spacial score (nSPS) is 13.9. The molecule has 3 rings (SSSR count). The Kier molecular flexibility index (Phi) is 5.30. The standard InChI is InChI=1S/C19H20Br2N2O/c1-11(2)14-9-16(20)18(17(21)10-14)23-19(24)22-15-7-12-5-3-4-6-13(12)8-15/h3-6,9-11,15H,7-8H2,1-2H3,(H2,22,23,24). The fourth-order valence-corrected chi connectivity index (χ4v) is 4.46. The van der Waals surface area contributed by atoms with Crippen LogP contribution in [0.15, 0.2) is 45.3 Å². The Balaban J connectivity index is 1.66. The monoisotopic (exact) mass is 450 g/mol. The highest BCUT2D eigenvalue weighted by Crippen LogP contribution is 2.34. The van der Waals surface area contributed by atoms with Gasteiger partial charge in [0.15, 0.2) is 0 Å². The average Bonchev–Trinajstić information content (AvgIpc) is 2.92. The van der Waals surface area contributed by atoms with Gasteiger partial charge in [0.05, 0.1) is 5.69 Å². The molecule has 24 heavy (non-hydrogen) atoms. The molecule has 126 valence electrons. The maximum absolute atomic E-state index is 12.4. The van der Waals surface area contributed by atoms with Crippen LogP contribution in [0.2, 0.25) is 0 Å². The van der Waals surface area contributed by atoms with E-state index >= 15 is 0 Å². The summed E-state index contributed by atoms with van der Waals surface area (Å²) < 4.78 is 1.76. The van der Waals surface area contributed by atoms with Gasteiger partial charge >= 0.3 is 6.03 Å². The highest BCUT2D eigenvalue weighted by atomic mass is 79.9. The minimum absolute atomic E-state index is 0.148. The molecule has 0 bridgehead atoms. The number of anilines is 1. The predicted molar refractivity (Wildman–Crippen MR) is 106 cm³/mol. The van der Waals surface area contributed by atoms with Crippen LogP contribution in [0.5, 0.6) is 0 Å². The zero-order valence-corrected chi connectivity index (χ0v) is 16.9. The van der Waals surface area contributed by atoms with Gasteiger partial charge in [-0.25, -0.2) is 4.79 Å². The summed E-state index contributed by atoms with van der Waals surface area (Å²) in [5, 5.41) is 6.03. The number of rotatable bonds is 3. The van der Waals surface area contributed by atoms with E-state index in [1.807, 2.05) is 12.1 Å². The SMILES string of the molecule is CC(C)c1cc(Br)c(NC(=O)NC2Cc3ccccc3C2)c(Br)c1. The molecule has 2 aromatic carbocycles. The Labute approximate surface area is 159 Å². The Morgan fingerprint density at radius 2 is 1.62 bits per heavy atom. The molecular weight excluding hydrogens is 432 g/mol. The molecule has 0 spiro atoms. The number of fused-ring (bicyclic) bond motifs is 1. The van der Waals surface area contributed by atoms with Gasteiger partial charge in [-0.05, 0) is 79.4 Å². The van der Waals surface area contributed by atoms with Gasteiger partial charge < -0.3 is 10.6 Å². The number of hydrogen-bond acceptors (Lipinski definition) is 1. The lowest BCUT2D eigenvalue weighted by Gasteiger charge is -2.16. The van der Waals surface area contributed by atoms with Gasteiger partial charge in [-0.3, -0.25) is 0 Å². The third-order valence-electron chi connectivity index (χ3n) is 4.36. The van der Waals surface area contributed by atoms with Gasteiger partial charge in [0, 0.05) is 15.0 Å². The van der Waals surface area contributed by atoms with Crippen LogP contribution in [0.25, 0.3) is 0 Å². The molecule has 3 nitrogen and oxygen atoms in total. The van der Waals surface area contributed by atoms with Gasteiger partial charge in [-0.1, -0.05) is 38.1 Å². The Morgan fingerprint density at radius 3 is 2.12 bits per heavy atom. The lowest BCUT2D eigenvalue weighted by Crippen LogP contribution is -2.38. The molecule has 0 heterocycles. The van der Waals surface area contributed by atoms with Crippen molar-refractivity contribution in [2.75, 3.05) is 5.32 Å². The van der Waals surface area contributed by atoms with Crippen LogP contribution < -0.4 is 10.6 Å². The number of benzene rings is 2. The van der Waals surface area contributed by atoms with Crippen molar-refractivity contribution in [1.82, 2.24) is 5.32 Å². The fourth-order valence-electron chi connectivity index (χ4n) is 3.04. The first-order valence-corrected chi connectivity index (χ1v) is 9.66. The summed E-state index contributed by atoms with van der Waals surface area (Å²) in [5.41, 5.74) is 4.62. The highest BCUT2D eigenvalue weighted by molar-refractivity contribution is 9.11. The summed E-state index contributed by atoms with van der Waals surface area (Å²) in [6.45, 7) is 4.29. The summed E-state index contributed by atoms with van der Waals surface area (Å²) >= 11 is 7.12. The molecule has 2 aromatic rings. The number of amides is 2. The zero-order chi connectivity index (χ0) is 17.3. The van der Waals surface area contributed by atoms with E-state index in [1.54, 1.807) is 0 Å². The maximum Gasteiger partial charge on any atom is 0.319 e. The Bertz CT molecular complexity index is 726. The van der Waals surface area contributed by atoms with E-state index < -0.39 is 0 Å². The third-order valence-corrected chi connectivity index (χ3v) is 5.61. The van der Waals surface area contributed by atoms with Crippen molar-refractivity contribution < 1.29 is 4.79 Å². The minimum Gasteiger partial charge on any atom is -0.334 e. The average molecular weight is 452 g/mol. The quantitative estimate of drug-likeness (QED) is 0.624. The summed E-state index contributed by atoms with van der Waals surface area (Å²) in [6, 6.07) is 12.4. The van der Waals surface area contributed by atoms with E-state index in [1.165, 1.54) is 16.7 Å². The molecule has 0 unspecified atom stereocenters. The number of halogens is 2. The molecule has 5 heteroatoms. The second kappa shape index (κ2) is 7.28. The summed E-state index contributed by atoms with van der Waals surface area (Å²) in [7, 11) is 0. The summed E-state index contributed by atoms with van der Waals surface area (Å²) in [6.07, 6.45) is 1.77. The van der Waals surface area contributed by atoms with E-state index in [4.69, 9.17) is 0 Å². The number of nitrogens with one attached hydrogen (secondary N) is 2. The first-order valence-electron chi connectivity index (χ1n) is 8.07. The van der Waals surface area contributed by atoms with Crippen molar-refractivity contribution in [3.05, 3.63) is 62.0 Å². The van der Waals surface area contributed by atoms with Gasteiger partial charge in [-0.15, -0.1) is 0 Å². The number of carbonyl (C=O) groups is 1. The second-order valence-electron chi connectivity index (χ2n) is 6.49. The van der Waals surface area contributed by atoms with E-state index in [0.29, 0.717) is 5.92 Å². The van der Waals surface area contributed by atoms with Gasteiger partial charge in [0.25, 0.3) is 0 Å². The second-order valence-corrected chi connectivity index (χ2v) is 8.20. The van der Waals surface area contributed by atoms with E-state index in [-0.39, 0.29) is 12.1 Å². The van der Waals surface area contributed by atoms with Gasteiger partial charge in [-0.2, -0.15) is 0 Å². The van der Waals surface area contributed by atoms with E-state index in [0.717, 1.165) is 27.5 Å². The van der Waals surface area contributed by atoms with Crippen molar-refractivity contribution in [3.63, 3.8) is 0 Å². The molecule has 0 fully saturated rings. The lowest BCUT2D eigenvalue weighted by molar-refractivity contribution is 0.249. The molecular formula is C19H20Br2N2O. The number of carbonyl (C=O) groups excluding carboxylic acids is 1. The first kappa shape index (κ1) is 17.5. The zero-order valence-electron chi connectivity index (χ0n) is 13.7. The molecule has 0 saturated heterocycles. The molecule has 1 aliphatic rings. The molecule has 0 aromatic heterocycles. The maximum atomic E-state index is 12.4. The van der Waals surface area contributed by atoms with Crippen LogP contribution in [0, 0.1) is 0 Å². The van der Waals surface area contributed by atoms with Crippen LogP contribution >= 0.6 is 31.9 Å². The molecule has 0 aliphatic heterocycles. The van der Waals surface area contributed by atoms with Crippen LogP contribution in [0.4, 0.5) is 10.5 Å². The van der Waals surface area contributed by atoms with Crippen molar-refractivity contribution in [3.8, 4) is 0 Å². The van der Waals surface area contributed by atoms with Crippen molar-refractivity contribution in [2.45, 2.75) is 38.6 Å². The predicted octanol–water partition coefficient (Wildman–Crippen LogP) is 5.62. The van der Waals surface area contributed by atoms with Crippen LogP contribution in [-0.2, 0) is 12.8 Å². The fraction of sp³-hybridized carbons (Fsp3) is 0.316. The molecule has 2 N–H and O–H groups in total. The van der Waals surface area contributed by atoms with E-state index in [2.05, 4.69) is 80.6 Å². The number of hydrogen-bond donors (Lipinski definition) is 2. The largest absolute Gasteiger partial charge is 0.334 e. The smallest absolute Gasteiger partial charge is 0.319 e. The number of urea groups is 1. The Morgan fingerprint density at radius 1 is 1.08 bits per heavy atom. The summed E-state index contributed by atoms with van der Waals surface area (Å²) in [4.78, 5) is 12.4. The van der Waals surface area contributed by atoms with Crippen LogP contribution in [0.1, 0.15) is 36.5 Å². The van der Waals surface area contributed by atoms with E-state index in [9.17, 15) is 4.79 Å². The van der Waals surface area contributed by atoms with Crippen LogP contribution in [-0.4, -0.2) is 12.1 Å². The Hall–Kier alpha value is -1.33. The highest BCUT2D eigenvalue weighted by Gasteiger charge is 2.23. The van der Waals surface area contributed by atoms with Crippen molar-refractivity contribution >= 4 is 43.6 Å². The molecule has 1 aliphatic carbocycles. The topological polar surface area (TPSA) is 41.1 Å².